The van der Waals surface area contributed by atoms with Crippen molar-refractivity contribution >= 4 is 31.9 Å². The molecule has 68 valence electrons. The fourth-order valence-corrected chi connectivity index (χ4v) is 2.08. The summed E-state index contributed by atoms with van der Waals surface area (Å²) in [6.07, 6.45) is -1.45. The fraction of sp³-hybridized carbons (Fsp3) is 0.143. The monoisotopic (exact) mass is 310 g/mol. The smallest absolute Gasteiger partial charge is 0.243 e. The van der Waals surface area contributed by atoms with Crippen LogP contribution in [0.3, 0.4) is 0 Å². The molecule has 0 aromatic carbocycles. The molecule has 0 aliphatic heterocycles. The van der Waals surface area contributed by atoms with Crippen molar-refractivity contribution in [1.29, 1.82) is 5.26 Å². The van der Waals surface area contributed by atoms with Crippen LogP contribution in [0.15, 0.2) is 15.1 Å². The largest absolute Gasteiger partial charge is 0.266 e. The van der Waals surface area contributed by atoms with Crippen LogP contribution in [0.2, 0.25) is 0 Å². The number of nitrogens with zero attached hydrogens (tertiary/aromatic N) is 2. The SMILES string of the molecule is N#Cc1ncc(Br)c(C(F)F)c1Br. The first kappa shape index (κ1) is 10.5. The number of rotatable bonds is 1. The van der Waals surface area contributed by atoms with Crippen LogP contribution < -0.4 is 0 Å². The first-order valence-corrected chi connectivity index (χ1v) is 4.68. The lowest BCUT2D eigenvalue weighted by atomic mass is 10.2. The first-order valence-electron chi connectivity index (χ1n) is 3.10. The molecule has 6 heteroatoms. The molecule has 0 amide bonds. The van der Waals surface area contributed by atoms with Crippen LogP contribution >= 0.6 is 31.9 Å². The molecule has 0 spiro atoms. The van der Waals surface area contributed by atoms with E-state index in [1.807, 2.05) is 0 Å². The Morgan fingerprint density at radius 3 is 2.54 bits per heavy atom. The maximum absolute atomic E-state index is 12.4. The van der Waals surface area contributed by atoms with Crippen LogP contribution in [0.25, 0.3) is 0 Å². The van der Waals surface area contributed by atoms with Gasteiger partial charge in [-0.25, -0.2) is 13.8 Å². The molecule has 1 heterocycles. The van der Waals surface area contributed by atoms with Crippen LogP contribution in [0.4, 0.5) is 8.78 Å². The minimum atomic E-state index is -2.64. The summed E-state index contributed by atoms with van der Waals surface area (Å²) in [5.41, 5.74) is -0.287. The van der Waals surface area contributed by atoms with E-state index in [9.17, 15) is 8.78 Å². The summed E-state index contributed by atoms with van der Waals surface area (Å²) in [6, 6.07) is 1.71. The molecule has 0 radical (unpaired) electrons. The molecule has 2 nitrogen and oxygen atoms in total. The molecular weight excluding hydrogens is 310 g/mol. The molecule has 0 bridgehead atoms. The van der Waals surface area contributed by atoms with E-state index in [4.69, 9.17) is 5.26 Å². The molecule has 0 N–H and O–H groups in total. The van der Waals surface area contributed by atoms with E-state index in [2.05, 4.69) is 36.8 Å². The van der Waals surface area contributed by atoms with Crippen molar-refractivity contribution in [3.05, 3.63) is 26.4 Å². The number of nitriles is 1. The maximum Gasteiger partial charge on any atom is 0.266 e. The van der Waals surface area contributed by atoms with Crippen molar-refractivity contribution in [3.8, 4) is 6.07 Å². The second-order valence-corrected chi connectivity index (χ2v) is 3.74. The van der Waals surface area contributed by atoms with E-state index in [1.54, 1.807) is 6.07 Å². The number of halogens is 4. The highest BCUT2D eigenvalue weighted by molar-refractivity contribution is 9.11. The Morgan fingerprint density at radius 2 is 2.08 bits per heavy atom. The Morgan fingerprint density at radius 1 is 1.46 bits per heavy atom. The third-order valence-corrected chi connectivity index (χ3v) is 2.77. The number of alkyl halides is 2. The van der Waals surface area contributed by atoms with Gasteiger partial charge in [-0.1, -0.05) is 0 Å². The highest BCUT2D eigenvalue weighted by atomic mass is 79.9. The predicted octanol–water partition coefficient (Wildman–Crippen LogP) is 3.42. The van der Waals surface area contributed by atoms with Crippen molar-refractivity contribution in [1.82, 2.24) is 4.98 Å². The normalized spacial score (nSPS) is 10.2. The maximum atomic E-state index is 12.4. The Bertz CT molecular complexity index is 373. The van der Waals surface area contributed by atoms with Crippen LogP contribution in [0, 0.1) is 11.3 Å². The van der Waals surface area contributed by atoms with Gasteiger partial charge in [0.05, 0.1) is 10.0 Å². The third-order valence-electron chi connectivity index (χ3n) is 1.33. The summed E-state index contributed by atoms with van der Waals surface area (Å²) in [5, 5.41) is 8.51. The van der Waals surface area contributed by atoms with Crippen LogP contribution in [0.5, 0.6) is 0 Å². The Labute approximate surface area is 89.8 Å². The van der Waals surface area contributed by atoms with E-state index in [0.717, 1.165) is 0 Å². The van der Waals surface area contributed by atoms with Gasteiger partial charge in [0.15, 0.2) is 5.69 Å². The highest BCUT2D eigenvalue weighted by Crippen LogP contribution is 2.34. The molecule has 1 aromatic heterocycles. The topological polar surface area (TPSA) is 36.7 Å². The van der Waals surface area contributed by atoms with E-state index in [-0.39, 0.29) is 20.2 Å². The van der Waals surface area contributed by atoms with Gasteiger partial charge in [0.25, 0.3) is 6.43 Å². The third kappa shape index (κ3) is 2.03. The minimum absolute atomic E-state index is 0.0411. The minimum Gasteiger partial charge on any atom is -0.243 e. The molecule has 0 aliphatic rings. The van der Waals surface area contributed by atoms with Crippen molar-refractivity contribution in [2.24, 2.45) is 0 Å². The molecule has 0 fully saturated rings. The molecule has 0 saturated heterocycles. The lowest BCUT2D eigenvalue weighted by Gasteiger charge is -2.05. The molecule has 0 unspecified atom stereocenters. The van der Waals surface area contributed by atoms with E-state index >= 15 is 0 Å². The summed E-state index contributed by atoms with van der Waals surface area (Å²) < 4.78 is 25.0. The van der Waals surface area contributed by atoms with Crippen molar-refractivity contribution < 1.29 is 8.78 Å². The zero-order chi connectivity index (χ0) is 10.0. The zero-order valence-electron chi connectivity index (χ0n) is 6.06. The van der Waals surface area contributed by atoms with E-state index in [1.165, 1.54) is 6.20 Å². The number of pyridine rings is 1. The van der Waals surface area contributed by atoms with Gasteiger partial charge in [0.1, 0.15) is 6.07 Å². The van der Waals surface area contributed by atoms with Crippen LogP contribution in [-0.2, 0) is 0 Å². The summed E-state index contributed by atoms with van der Waals surface area (Å²) >= 11 is 5.83. The van der Waals surface area contributed by atoms with Gasteiger partial charge in [-0.2, -0.15) is 5.26 Å². The van der Waals surface area contributed by atoms with E-state index in [0.29, 0.717) is 0 Å². The molecular formula is C7H2Br2F2N2. The van der Waals surface area contributed by atoms with Gasteiger partial charge in [-0.15, -0.1) is 0 Å². The fourth-order valence-electron chi connectivity index (χ4n) is 0.758. The number of aromatic nitrogens is 1. The summed E-state index contributed by atoms with van der Waals surface area (Å²) in [4.78, 5) is 3.65. The van der Waals surface area contributed by atoms with Crippen molar-refractivity contribution in [2.75, 3.05) is 0 Å². The molecule has 1 rings (SSSR count). The molecule has 0 saturated carbocycles. The Balaban J connectivity index is 3.41. The van der Waals surface area contributed by atoms with Gasteiger partial charge in [-0.3, -0.25) is 0 Å². The zero-order valence-corrected chi connectivity index (χ0v) is 9.23. The molecule has 0 aliphatic carbocycles. The van der Waals surface area contributed by atoms with Gasteiger partial charge < -0.3 is 0 Å². The Kier molecular flexibility index (Phi) is 3.33. The van der Waals surface area contributed by atoms with Gasteiger partial charge >= 0.3 is 0 Å². The van der Waals surface area contributed by atoms with Gasteiger partial charge in [0.2, 0.25) is 0 Å². The lowest BCUT2D eigenvalue weighted by Crippen LogP contribution is -1.94. The average Bonchev–Trinajstić information content (AvgIpc) is 2.04. The van der Waals surface area contributed by atoms with Crippen LogP contribution in [0.1, 0.15) is 17.7 Å². The van der Waals surface area contributed by atoms with Crippen molar-refractivity contribution in [2.45, 2.75) is 6.43 Å². The second-order valence-electron chi connectivity index (χ2n) is 2.09. The molecule has 13 heavy (non-hydrogen) atoms. The van der Waals surface area contributed by atoms with Gasteiger partial charge in [-0.05, 0) is 31.9 Å². The first-order chi connectivity index (χ1) is 6.07. The molecule has 0 atom stereocenters. The summed E-state index contributed by atoms with van der Waals surface area (Å²) in [5.74, 6) is 0. The van der Waals surface area contributed by atoms with Gasteiger partial charge in [0, 0.05) is 10.7 Å². The predicted molar refractivity (Wildman–Crippen MR) is 49.3 cm³/mol. The highest BCUT2D eigenvalue weighted by Gasteiger charge is 2.18. The standard InChI is InChI=1S/C7H2Br2F2N2/c8-3-2-13-4(1-12)6(9)5(3)7(10)11/h2,7H. The summed E-state index contributed by atoms with van der Waals surface area (Å²) in [6.45, 7) is 0. The lowest BCUT2D eigenvalue weighted by molar-refractivity contribution is 0.149. The summed E-state index contributed by atoms with van der Waals surface area (Å²) in [7, 11) is 0. The number of hydrogen-bond acceptors (Lipinski definition) is 2. The Hall–Kier alpha value is -0.540. The average molecular weight is 312 g/mol. The number of hydrogen-bond donors (Lipinski definition) is 0. The quantitative estimate of drug-likeness (QED) is 0.797. The van der Waals surface area contributed by atoms with Crippen LogP contribution in [-0.4, -0.2) is 4.98 Å². The second kappa shape index (κ2) is 4.11. The molecule has 1 aromatic rings. The van der Waals surface area contributed by atoms with E-state index < -0.39 is 6.43 Å². The van der Waals surface area contributed by atoms with Crippen molar-refractivity contribution in [3.63, 3.8) is 0 Å².